The van der Waals surface area contributed by atoms with Crippen molar-refractivity contribution in [2.45, 2.75) is 86.5 Å². The van der Waals surface area contributed by atoms with Crippen molar-refractivity contribution in [1.82, 2.24) is 3.71 Å². The van der Waals surface area contributed by atoms with E-state index >= 15 is 0 Å². The number of nitrogens with zero attached hydrogens (tertiary/aromatic N) is 1. The molecule has 0 N–H and O–H groups in total. The molecule has 0 radical (unpaired) electrons. The second kappa shape index (κ2) is 8.62. The molecule has 2 atom stereocenters. The molecule has 8 bridgehead atoms. The van der Waals surface area contributed by atoms with E-state index in [1.165, 1.54) is 50.7 Å². The van der Waals surface area contributed by atoms with E-state index in [1.54, 1.807) is 12.1 Å². The lowest BCUT2D eigenvalue weighted by Gasteiger charge is -2.58. The molecule has 0 spiro atoms. The Kier molecular flexibility index (Phi) is 5.75. The molecule has 8 aliphatic carbocycles. The Balaban J connectivity index is 1.15. The maximum absolute atomic E-state index is 14.6. The second-order valence-electron chi connectivity index (χ2n) is 13.1. The summed E-state index contributed by atoms with van der Waals surface area (Å²) < 4.78 is 49.9. The lowest BCUT2D eigenvalue weighted by molar-refractivity contribution is 0.0324. The van der Waals surface area contributed by atoms with Crippen LogP contribution in [0.4, 0.5) is 4.39 Å². The molecule has 9 rings (SSSR count). The molecule has 8 aliphatic rings. The van der Waals surface area contributed by atoms with Crippen molar-refractivity contribution in [2.24, 2.45) is 35.5 Å². The predicted molar refractivity (Wildman–Crippen MR) is 137 cm³/mol. The van der Waals surface area contributed by atoms with Gasteiger partial charge < -0.3 is 4.74 Å². The van der Waals surface area contributed by atoms with Crippen LogP contribution in [0.2, 0.25) is 0 Å². The zero-order chi connectivity index (χ0) is 23.8. The molecule has 1 aromatic carbocycles. The maximum atomic E-state index is 14.6. The molecular formula is C28H38FNO3S2. The summed E-state index contributed by atoms with van der Waals surface area (Å²) in [5, 5.41) is 0. The van der Waals surface area contributed by atoms with Crippen molar-refractivity contribution in [1.29, 1.82) is 0 Å². The van der Waals surface area contributed by atoms with E-state index in [-0.39, 0.29) is 15.3 Å². The molecule has 0 saturated heterocycles. The average Bonchev–Trinajstić information content (AvgIpc) is 2.80. The van der Waals surface area contributed by atoms with E-state index in [1.807, 2.05) is 3.71 Å². The summed E-state index contributed by atoms with van der Waals surface area (Å²) in [5.41, 5.74) is 0. The van der Waals surface area contributed by atoms with Gasteiger partial charge in [0.15, 0.2) is 0 Å². The molecule has 35 heavy (non-hydrogen) atoms. The average molecular weight is 520 g/mol. The van der Waals surface area contributed by atoms with Gasteiger partial charge in [-0.25, -0.2) is 12.8 Å². The van der Waals surface area contributed by atoms with Crippen LogP contribution in [-0.2, 0) is 22.0 Å². The number of rotatable bonds is 8. The monoisotopic (exact) mass is 519 g/mol. The van der Waals surface area contributed by atoms with Gasteiger partial charge in [0.25, 0.3) is 0 Å². The summed E-state index contributed by atoms with van der Waals surface area (Å²) in [6, 6.07) is 6.06. The number of benzene rings is 1. The van der Waals surface area contributed by atoms with Crippen LogP contribution in [-0.4, -0.2) is 34.8 Å². The van der Waals surface area contributed by atoms with Crippen molar-refractivity contribution < 1.29 is 17.5 Å². The molecule has 8 saturated carbocycles. The molecule has 8 fully saturated rings. The van der Waals surface area contributed by atoms with Gasteiger partial charge in [-0.05, 0) is 137 Å². The Morgan fingerprint density at radius 1 is 0.714 bits per heavy atom. The lowest BCUT2D eigenvalue weighted by Crippen LogP contribution is -2.60. The molecule has 0 aromatic heterocycles. The summed E-state index contributed by atoms with van der Waals surface area (Å²) >= 11 is 0. The fourth-order valence-electron chi connectivity index (χ4n) is 9.92. The number of hydrogen-bond donors (Lipinski definition) is 0. The van der Waals surface area contributed by atoms with Gasteiger partial charge in [-0.2, -0.15) is 0 Å². The Labute approximate surface area is 213 Å². The van der Waals surface area contributed by atoms with Crippen LogP contribution in [0.5, 0.6) is 5.75 Å². The highest BCUT2D eigenvalue weighted by Crippen LogP contribution is 2.61. The quantitative estimate of drug-likeness (QED) is 0.438. The fourth-order valence-corrected chi connectivity index (χ4v) is 15.0. The SMILES string of the molecule is O=S(N(CCOc1ccc(F)cc1)S(=O)C12CC3CC(CC(C3)C1)C2)C12CC3CC(CC(C3)C1)C2. The smallest absolute Gasteiger partial charge is 0.123 e. The summed E-state index contributed by atoms with van der Waals surface area (Å²) in [7, 11) is -2.55. The minimum absolute atomic E-state index is 0.192. The van der Waals surface area contributed by atoms with Gasteiger partial charge in [0.2, 0.25) is 0 Å². The zero-order valence-electron chi connectivity index (χ0n) is 20.5. The minimum Gasteiger partial charge on any atom is -0.492 e. The zero-order valence-corrected chi connectivity index (χ0v) is 22.2. The van der Waals surface area contributed by atoms with E-state index in [2.05, 4.69) is 0 Å². The highest BCUT2D eigenvalue weighted by Gasteiger charge is 2.59. The second-order valence-corrected chi connectivity index (χ2v) is 16.9. The molecule has 0 heterocycles. The van der Waals surface area contributed by atoms with Crippen molar-refractivity contribution in [3.8, 4) is 5.75 Å². The first-order valence-corrected chi connectivity index (χ1v) is 16.1. The maximum Gasteiger partial charge on any atom is 0.123 e. The standard InChI is InChI=1S/C28H38FNO3S2/c29-25-1-3-26(4-2-25)33-6-5-30(34(31)27-13-19-7-20(14-27)9-21(8-19)15-27)35(32)28-16-22-10-23(17-28)12-24(11-22)18-28/h1-4,19-24H,5-18H2. The molecule has 0 aliphatic heterocycles. The summed E-state index contributed by atoms with van der Waals surface area (Å²) in [6.07, 6.45) is 14.1. The Morgan fingerprint density at radius 2 is 1.09 bits per heavy atom. The largest absolute Gasteiger partial charge is 0.492 e. The number of ether oxygens (including phenoxy) is 1. The van der Waals surface area contributed by atoms with Crippen molar-refractivity contribution in [2.75, 3.05) is 13.2 Å². The van der Waals surface area contributed by atoms with E-state index in [9.17, 15) is 12.8 Å². The first kappa shape index (κ1) is 23.3. The van der Waals surface area contributed by atoms with Crippen molar-refractivity contribution in [3.05, 3.63) is 30.1 Å². The van der Waals surface area contributed by atoms with E-state index in [0.717, 1.165) is 38.5 Å². The van der Waals surface area contributed by atoms with Crippen LogP contribution in [0.1, 0.15) is 77.0 Å². The van der Waals surface area contributed by atoms with Gasteiger partial charge in [0.1, 0.15) is 40.1 Å². The molecular weight excluding hydrogens is 481 g/mol. The third kappa shape index (κ3) is 4.06. The Morgan fingerprint density at radius 3 is 1.46 bits per heavy atom. The normalized spacial score (nSPS) is 44.6. The minimum atomic E-state index is -1.27. The third-order valence-electron chi connectivity index (χ3n) is 10.4. The Hall–Kier alpha value is -0.790. The predicted octanol–water partition coefficient (Wildman–Crippen LogP) is 5.77. The summed E-state index contributed by atoms with van der Waals surface area (Å²) in [4.78, 5) is 0. The number of halogens is 1. The molecule has 4 nitrogen and oxygen atoms in total. The number of hydrogen-bond acceptors (Lipinski definition) is 3. The first-order chi connectivity index (χ1) is 16.9. The molecule has 0 amide bonds. The lowest BCUT2D eigenvalue weighted by atomic mass is 9.56. The van der Waals surface area contributed by atoms with Gasteiger partial charge in [-0.3, -0.25) is 0 Å². The van der Waals surface area contributed by atoms with Crippen LogP contribution in [0.15, 0.2) is 24.3 Å². The first-order valence-electron chi connectivity index (χ1n) is 13.9. The van der Waals surface area contributed by atoms with Gasteiger partial charge in [0, 0.05) is 0 Å². The van der Waals surface area contributed by atoms with Crippen LogP contribution < -0.4 is 4.74 Å². The molecule has 7 heteroatoms. The highest BCUT2D eigenvalue weighted by atomic mass is 32.3. The molecule has 2 unspecified atom stereocenters. The van der Waals surface area contributed by atoms with Crippen molar-refractivity contribution in [3.63, 3.8) is 0 Å². The van der Waals surface area contributed by atoms with E-state index in [0.29, 0.717) is 54.4 Å². The van der Waals surface area contributed by atoms with Crippen LogP contribution in [0.3, 0.4) is 0 Å². The van der Waals surface area contributed by atoms with Gasteiger partial charge in [0.05, 0.1) is 16.0 Å². The summed E-state index contributed by atoms with van der Waals surface area (Å²) in [6.45, 7) is 0.724. The topological polar surface area (TPSA) is 46.6 Å². The third-order valence-corrected chi connectivity index (χ3v) is 14.8. The van der Waals surface area contributed by atoms with Crippen LogP contribution in [0, 0.1) is 41.3 Å². The fraction of sp³-hybridized carbons (Fsp3) is 0.786. The van der Waals surface area contributed by atoms with E-state index < -0.39 is 22.0 Å². The molecule has 192 valence electrons. The highest BCUT2D eigenvalue weighted by molar-refractivity contribution is 7.99. The van der Waals surface area contributed by atoms with Gasteiger partial charge in [-0.15, -0.1) is 3.71 Å². The van der Waals surface area contributed by atoms with Crippen molar-refractivity contribution >= 4 is 22.0 Å². The molecule has 1 aromatic rings. The van der Waals surface area contributed by atoms with Crippen LogP contribution in [0.25, 0.3) is 0 Å². The Bertz CT molecular complexity index is 901. The van der Waals surface area contributed by atoms with Crippen LogP contribution >= 0.6 is 0 Å². The summed E-state index contributed by atoms with van der Waals surface area (Å²) in [5.74, 6) is 4.54. The van der Waals surface area contributed by atoms with Gasteiger partial charge in [-0.1, -0.05) is 0 Å². The van der Waals surface area contributed by atoms with E-state index in [4.69, 9.17) is 4.74 Å². The van der Waals surface area contributed by atoms with Gasteiger partial charge >= 0.3 is 0 Å².